The minimum absolute atomic E-state index is 0.899. The summed E-state index contributed by atoms with van der Waals surface area (Å²) in [5.41, 5.74) is 9.26. The summed E-state index contributed by atoms with van der Waals surface area (Å²) >= 11 is 0. The summed E-state index contributed by atoms with van der Waals surface area (Å²) in [4.78, 5) is 0. The Kier molecular flexibility index (Phi) is 5.89. The molecule has 1 aromatic heterocycles. The minimum atomic E-state index is 0.899. The molecular weight excluding hydrogens is 544 g/mol. The lowest BCUT2D eigenvalue weighted by Crippen LogP contribution is -1.91. The standard InChI is InChI=1S/C44H28O/c1-2-14-32(15-3-1)44-42(39-22-10-11-24-40(39)45-44)31-27-25-30(26-28-31)41-35-18-6-8-20-37(35)43(38-21-9-7-19-36(38)41)34-23-12-16-29-13-4-5-17-33(29)34/h1-28H. The van der Waals surface area contributed by atoms with Gasteiger partial charge in [0.15, 0.2) is 0 Å². The van der Waals surface area contributed by atoms with Crippen LogP contribution in [0.4, 0.5) is 0 Å². The molecule has 9 aromatic rings. The molecule has 8 aromatic carbocycles. The Hall–Kier alpha value is -5.92. The van der Waals surface area contributed by atoms with E-state index in [1.807, 2.05) is 12.1 Å². The third-order valence-electron chi connectivity index (χ3n) is 9.08. The first-order chi connectivity index (χ1) is 22.3. The molecule has 0 bridgehead atoms. The van der Waals surface area contributed by atoms with Gasteiger partial charge in [-0.05, 0) is 66.2 Å². The summed E-state index contributed by atoms with van der Waals surface area (Å²) in [7, 11) is 0. The van der Waals surface area contributed by atoms with Crippen molar-refractivity contribution in [1.29, 1.82) is 0 Å². The predicted molar refractivity (Wildman–Crippen MR) is 190 cm³/mol. The van der Waals surface area contributed by atoms with Gasteiger partial charge < -0.3 is 4.42 Å². The lowest BCUT2D eigenvalue weighted by Gasteiger charge is -2.19. The Morgan fingerprint density at radius 1 is 0.289 bits per heavy atom. The van der Waals surface area contributed by atoms with Crippen LogP contribution in [0.15, 0.2) is 174 Å². The van der Waals surface area contributed by atoms with E-state index in [9.17, 15) is 0 Å². The van der Waals surface area contributed by atoms with Crippen LogP contribution in [-0.4, -0.2) is 0 Å². The number of rotatable bonds is 4. The molecule has 1 nitrogen and oxygen atoms in total. The van der Waals surface area contributed by atoms with E-state index < -0.39 is 0 Å². The first kappa shape index (κ1) is 25.6. The van der Waals surface area contributed by atoms with Crippen molar-refractivity contribution in [2.24, 2.45) is 0 Å². The zero-order valence-electron chi connectivity index (χ0n) is 24.6. The molecule has 1 heteroatoms. The summed E-state index contributed by atoms with van der Waals surface area (Å²) in [6, 6.07) is 60.9. The molecule has 0 N–H and O–H groups in total. The smallest absolute Gasteiger partial charge is 0.143 e. The van der Waals surface area contributed by atoms with Crippen LogP contribution in [0.25, 0.3) is 88.0 Å². The van der Waals surface area contributed by atoms with Gasteiger partial charge in [0, 0.05) is 16.5 Å². The van der Waals surface area contributed by atoms with Crippen LogP contribution in [0.5, 0.6) is 0 Å². The highest BCUT2D eigenvalue weighted by atomic mass is 16.3. The fourth-order valence-corrected chi connectivity index (χ4v) is 7.10. The first-order valence-electron chi connectivity index (χ1n) is 15.4. The number of para-hydroxylation sites is 1. The number of hydrogen-bond donors (Lipinski definition) is 0. The molecule has 0 radical (unpaired) electrons. The lowest BCUT2D eigenvalue weighted by molar-refractivity contribution is 0.632. The highest BCUT2D eigenvalue weighted by molar-refractivity contribution is 6.23. The Bertz CT molecular complexity index is 2450. The van der Waals surface area contributed by atoms with Crippen molar-refractivity contribution in [2.45, 2.75) is 0 Å². The molecule has 0 aliphatic rings. The van der Waals surface area contributed by atoms with Gasteiger partial charge in [-0.15, -0.1) is 0 Å². The molecule has 0 unspecified atom stereocenters. The van der Waals surface area contributed by atoms with Crippen molar-refractivity contribution >= 4 is 43.3 Å². The highest BCUT2D eigenvalue weighted by Gasteiger charge is 2.20. The molecule has 210 valence electrons. The Morgan fingerprint density at radius 2 is 0.778 bits per heavy atom. The summed E-state index contributed by atoms with van der Waals surface area (Å²) in [5.74, 6) is 0.903. The normalized spacial score (nSPS) is 11.6. The zero-order valence-corrected chi connectivity index (χ0v) is 24.6. The zero-order chi connectivity index (χ0) is 29.7. The van der Waals surface area contributed by atoms with Gasteiger partial charge in [0.05, 0.1) is 0 Å². The van der Waals surface area contributed by atoms with E-state index in [2.05, 4.69) is 158 Å². The van der Waals surface area contributed by atoms with Crippen molar-refractivity contribution in [2.75, 3.05) is 0 Å². The molecule has 0 saturated heterocycles. The van der Waals surface area contributed by atoms with Gasteiger partial charge in [0.25, 0.3) is 0 Å². The van der Waals surface area contributed by atoms with Crippen molar-refractivity contribution in [1.82, 2.24) is 0 Å². The van der Waals surface area contributed by atoms with Crippen LogP contribution in [0.1, 0.15) is 0 Å². The Labute approximate surface area is 261 Å². The molecule has 0 amide bonds. The second kappa shape index (κ2) is 10.4. The summed E-state index contributed by atoms with van der Waals surface area (Å²) in [6.45, 7) is 0. The van der Waals surface area contributed by atoms with E-state index in [1.165, 1.54) is 54.6 Å². The second-order valence-corrected chi connectivity index (χ2v) is 11.6. The minimum Gasteiger partial charge on any atom is -0.455 e. The van der Waals surface area contributed by atoms with E-state index in [1.54, 1.807) is 0 Å². The van der Waals surface area contributed by atoms with E-state index in [-0.39, 0.29) is 0 Å². The fourth-order valence-electron chi connectivity index (χ4n) is 7.10. The van der Waals surface area contributed by atoms with Crippen molar-refractivity contribution < 1.29 is 4.42 Å². The third-order valence-corrected chi connectivity index (χ3v) is 9.08. The molecule has 0 fully saturated rings. The van der Waals surface area contributed by atoms with Crippen LogP contribution < -0.4 is 0 Å². The summed E-state index contributed by atoms with van der Waals surface area (Å²) < 4.78 is 6.46. The number of hydrogen-bond acceptors (Lipinski definition) is 1. The maximum Gasteiger partial charge on any atom is 0.143 e. The molecule has 0 atom stereocenters. The van der Waals surface area contributed by atoms with Gasteiger partial charge in [-0.3, -0.25) is 0 Å². The topological polar surface area (TPSA) is 13.1 Å². The Balaban J connectivity index is 1.28. The molecule has 45 heavy (non-hydrogen) atoms. The van der Waals surface area contributed by atoms with Crippen molar-refractivity contribution in [3.05, 3.63) is 170 Å². The highest BCUT2D eigenvalue weighted by Crippen LogP contribution is 2.46. The largest absolute Gasteiger partial charge is 0.455 e. The van der Waals surface area contributed by atoms with E-state index in [0.29, 0.717) is 0 Å². The number of fused-ring (bicyclic) bond motifs is 4. The third kappa shape index (κ3) is 4.09. The first-order valence-corrected chi connectivity index (χ1v) is 15.4. The fraction of sp³-hybridized carbons (Fsp3) is 0. The quantitative estimate of drug-likeness (QED) is 0.191. The maximum absolute atomic E-state index is 6.46. The molecule has 0 aliphatic carbocycles. The van der Waals surface area contributed by atoms with Gasteiger partial charge in [-0.1, -0.05) is 164 Å². The molecule has 9 rings (SSSR count). The number of benzene rings is 8. The SMILES string of the molecule is c1ccc(-c2oc3ccccc3c2-c2ccc(-c3c4ccccc4c(-c4cccc5ccccc45)c4ccccc34)cc2)cc1. The summed E-state index contributed by atoms with van der Waals surface area (Å²) in [5, 5.41) is 8.69. The van der Waals surface area contributed by atoms with Gasteiger partial charge >= 0.3 is 0 Å². The van der Waals surface area contributed by atoms with Crippen LogP contribution in [-0.2, 0) is 0 Å². The summed E-state index contributed by atoms with van der Waals surface area (Å²) in [6.07, 6.45) is 0. The van der Waals surface area contributed by atoms with E-state index in [4.69, 9.17) is 4.42 Å². The van der Waals surface area contributed by atoms with Crippen LogP contribution >= 0.6 is 0 Å². The molecule has 0 saturated carbocycles. The molecular formula is C44H28O. The van der Waals surface area contributed by atoms with Crippen molar-refractivity contribution in [3.8, 4) is 44.7 Å². The monoisotopic (exact) mass is 572 g/mol. The molecule has 0 spiro atoms. The van der Waals surface area contributed by atoms with Gasteiger partial charge in [0.2, 0.25) is 0 Å². The average Bonchev–Trinajstić information content (AvgIpc) is 3.51. The van der Waals surface area contributed by atoms with Crippen LogP contribution in [0, 0.1) is 0 Å². The Morgan fingerprint density at radius 3 is 1.44 bits per heavy atom. The van der Waals surface area contributed by atoms with Crippen molar-refractivity contribution in [3.63, 3.8) is 0 Å². The lowest BCUT2D eigenvalue weighted by atomic mass is 9.84. The van der Waals surface area contributed by atoms with Gasteiger partial charge in [-0.25, -0.2) is 0 Å². The van der Waals surface area contributed by atoms with Crippen LogP contribution in [0.3, 0.4) is 0 Å². The van der Waals surface area contributed by atoms with E-state index >= 15 is 0 Å². The molecule has 1 heterocycles. The van der Waals surface area contributed by atoms with E-state index in [0.717, 1.165) is 33.4 Å². The average molecular weight is 573 g/mol. The van der Waals surface area contributed by atoms with Gasteiger partial charge in [0.1, 0.15) is 11.3 Å². The number of furan rings is 1. The predicted octanol–water partition coefficient (Wildman–Crippen LogP) is 12.6. The van der Waals surface area contributed by atoms with Crippen LogP contribution in [0.2, 0.25) is 0 Å². The molecule has 0 aliphatic heterocycles. The second-order valence-electron chi connectivity index (χ2n) is 11.6. The van der Waals surface area contributed by atoms with Gasteiger partial charge in [-0.2, -0.15) is 0 Å². The maximum atomic E-state index is 6.46.